The van der Waals surface area contributed by atoms with Crippen molar-refractivity contribution in [2.45, 2.75) is 11.8 Å². The van der Waals surface area contributed by atoms with Crippen LogP contribution >= 0.6 is 7.60 Å². The van der Waals surface area contributed by atoms with E-state index < -0.39 is 18.4 Å². The first-order valence-electron chi connectivity index (χ1n) is 4.27. The normalized spacial score (nSPS) is 17.0. The van der Waals surface area contributed by atoms with Crippen LogP contribution in [0.1, 0.15) is 5.56 Å². The molecule has 1 N–H and O–H groups in total. The highest BCUT2D eigenvalue weighted by Crippen LogP contribution is 2.42. The van der Waals surface area contributed by atoms with Gasteiger partial charge in [-0.25, -0.2) is 0 Å². The van der Waals surface area contributed by atoms with Crippen molar-refractivity contribution in [3.8, 4) is 0 Å². The molecule has 0 aliphatic rings. The smallest absolute Gasteiger partial charge is 0.324 e. The number of benzene rings is 1. The molecule has 2 atom stereocenters. The van der Waals surface area contributed by atoms with E-state index in [1.165, 1.54) is 0 Å². The van der Waals surface area contributed by atoms with Gasteiger partial charge in [-0.3, -0.25) is 8.77 Å². The zero-order chi connectivity index (χ0) is 11.5. The molecule has 2 unspecified atom stereocenters. The second-order valence-electron chi connectivity index (χ2n) is 3.11. The van der Waals surface area contributed by atoms with Gasteiger partial charge in [0.1, 0.15) is 5.49 Å². The van der Waals surface area contributed by atoms with Gasteiger partial charge in [0.15, 0.2) is 0 Å². The molecule has 0 bridgehead atoms. The second kappa shape index (κ2) is 5.03. The molecule has 4 nitrogen and oxygen atoms in total. The SMILES string of the molecule is COP(=O)(O)CS(=O)c1ccc(C)cc1. The van der Waals surface area contributed by atoms with E-state index in [4.69, 9.17) is 4.89 Å². The molecule has 0 aromatic heterocycles. The van der Waals surface area contributed by atoms with Crippen LogP contribution in [0, 0.1) is 6.92 Å². The average Bonchev–Trinajstić information content (AvgIpc) is 2.18. The van der Waals surface area contributed by atoms with Crippen molar-refractivity contribution >= 4 is 18.4 Å². The lowest BCUT2D eigenvalue weighted by Gasteiger charge is -2.08. The lowest BCUT2D eigenvalue weighted by molar-refractivity contribution is 0.321. The van der Waals surface area contributed by atoms with Crippen molar-refractivity contribution in [3.05, 3.63) is 29.8 Å². The molecule has 84 valence electrons. The van der Waals surface area contributed by atoms with Gasteiger partial charge >= 0.3 is 7.60 Å². The summed E-state index contributed by atoms with van der Waals surface area (Å²) >= 11 is 0. The molecule has 0 heterocycles. The predicted octanol–water partition coefficient (Wildman–Crippen LogP) is 1.89. The number of aryl methyl sites for hydroxylation is 1. The molecule has 0 saturated carbocycles. The van der Waals surface area contributed by atoms with E-state index in [2.05, 4.69) is 4.52 Å². The molecular weight excluding hydrogens is 235 g/mol. The Hall–Kier alpha value is -0.480. The Kier molecular flexibility index (Phi) is 4.22. The first kappa shape index (κ1) is 12.6. The Morgan fingerprint density at radius 2 is 1.93 bits per heavy atom. The molecule has 0 saturated heterocycles. The summed E-state index contributed by atoms with van der Waals surface area (Å²) in [5, 5.41) is 0. The molecule has 0 spiro atoms. The number of hydrogen-bond donors (Lipinski definition) is 1. The van der Waals surface area contributed by atoms with E-state index in [-0.39, 0.29) is 5.49 Å². The summed E-state index contributed by atoms with van der Waals surface area (Å²) in [6, 6.07) is 6.98. The maximum absolute atomic E-state index is 11.6. The van der Waals surface area contributed by atoms with E-state index in [1.807, 2.05) is 19.1 Å². The molecule has 1 aromatic carbocycles. The van der Waals surface area contributed by atoms with Crippen LogP contribution in [0.4, 0.5) is 0 Å². The van der Waals surface area contributed by atoms with Gasteiger partial charge in [-0.2, -0.15) is 0 Å². The van der Waals surface area contributed by atoms with Gasteiger partial charge in [0, 0.05) is 12.0 Å². The highest BCUT2D eigenvalue weighted by molar-refractivity contribution is 7.92. The van der Waals surface area contributed by atoms with Gasteiger partial charge in [0.2, 0.25) is 0 Å². The summed E-state index contributed by atoms with van der Waals surface area (Å²) in [4.78, 5) is 9.68. The fourth-order valence-corrected chi connectivity index (χ4v) is 3.61. The first-order valence-corrected chi connectivity index (χ1v) is 7.35. The zero-order valence-corrected chi connectivity index (χ0v) is 10.3. The highest BCUT2D eigenvalue weighted by Gasteiger charge is 2.21. The maximum atomic E-state index is 11.6. The Balaban J connectivity index is 2.78. The quantitative estimate of drug-likeness (QED) is 0.826. The third-order valence-corrected chi connectivity index (χ3v) is 5.46. The van der Waals surface area contributed by atoms with E-state index in [1.54, 1.807) is 12.1 Å². The Morgan fingerprint density at radius 1 is 1.40 bits per heavy atom. The van der Waals surface area contributed by atoms with Crippen molar-refractivity contribution in [1.82, 2.24) is 0 Å². The minimum Gasteiger partial charge on any atom is -0.324 e. The Labute approximate surface area is 91.3 Å². The van der Waals surface area contributed by atoms with Crippen molar-refractivity contribution in [2.24, 2.45) is 0 Å². The number of rotatable bonds is 4. The van der Waals surface area contributed by atoms with Gasteiger partial charge < -0.3 is 9.42 Å². The van der Waals surface area contributed by atoms with E-state index in [0.717, 1.165) is 12.7 Å². The third kappa shape index (κ3) is 3.87. The van der Waals surface area contributed by atoms with Crippen molar-refractivity contribution in [1.29, 1.82) is 0 Å². The van der Waals surface area contributed by atoms with Gasteiger partial charge in [-0.15, -0.1) is 0 Å². The lowest BCUT2D eigenvalue weighted by atomic mass is 10.2. The second-order valence-corrected chi connectivity index (χ2v) is 6.94. The van der Waals surface area contributed by atoms with Crippen LogP contribution < -0.4 is 0 Å². The Morgan fingerprint density at radius 3 is 2.40 bits per heavy atom. The molecule has 1 rings (SSSR count). The average molecular weight is 248 g/mol. The van der Waals surface area contributed by atoms with Gasteiger partial charge in [0.05, 0.1) is 10.8 Å². The number of hydrogen-bond acceptors (Lipinski definition) is 3. The van der Waals surface area contributed by atoms with Crippen LogP contribution in [-0.4, -0.2) is 21.7 Å². The minimum absolute atomic E-state index is 0.368. The van der Waals surface area contributed by atoms with Crippen molar-refractivity contribution < 1.29 is 18.2 Å². The summed E-state index contributed by atoms with van der Waals surface area (Å²) in [6.45, 7) is 1.92. The monoisotopic (exact) mass is 248 g/mol. The fourth-order valence-electron chi connectivity index (χ4n) is 0.965. The van der Waals surface area contributed by atoms with Crippen LogP contribution in [-0.2, 0) is 19.9 Å². The molecule has 0 radical (unpaired) electrons. The van der Waals surface area contributed by atoms with Crippen molar-refractivity contribution in [3.63, 3.8) is 0 Å². The topological polar surface area (TPSA) is 63.6 Å². The minimum atomic E-state index is -3.71. The largest absolute Gasteiger partial charge is 0.340 e. The summed E-state index contributed by atoms with van der Waals surface area (Å²) in [5.74, 6) is 0. The standard InChI is InChI=1S/C9H13O4PS/c1-8-3-5-9(6-4-8)15(12)7-14(10,11)13-2/h3-6H,7H2,1-2H3,(H,10,11). The molecule has 0 aliphatic carbocycles. The fraction of sp³-hybridized carbons (Fsp3) is 0.333. The van der Waals surface area contributed by atoms with Gasteiger partial charge in [-0.05, 0) is 19.1 Å². The summed E-state index contributed by atoms with van der Waals surface area (Å²) < 4.78 is 27.2. The van der Waals surface area contributed by atoms with Crippen LogP contribution in [0.3, 0.4) is 0 Å². The van der Waals surface area contributed by atoms with Crippen molar-refractivity contribution in [2.75, 3.05) is 12.6 Å². The molecule has 6 heteroatoms. The summed E-state index contributed by atoms with van der Waals surface area (Å²) in [6.07, 6.45) is 0. The maximum Gasteiger partial charge on any atom is 0.340 e. The lowest BCUT2D eigenvalue weighted by Crippen LogP contribution is -2.00. The molecular formula is C9H13O4PS. The summed E-state index contributed by atoms with van der Waals surface area (Å²) in [5.41, 5.74) is 0.682. The Bertz CT molecular complexity index is 401. The van der Waals surface area contributed by atoms with E-state index >= 15 is 0 Å². The first-order chi connectivity index (χ1) is 6.94. The van der Waals surface area contributed by atoms with Crippen LogP contribution in [0.5, 0.6) is 0 Å². The van der Waals surface area contributed by atoms with Gasteiger partial charge in [-0.1, -0.05) is 17.7 Å². The van der Waals surface area contributed by atoms with Crippen LogP contribution in [0.15, 0.2) is 29.2 Å². The highest BCUT2D eigenvalue weighted by atomic mass is 32.2. The molecule has 15 heavy (non-hydrogen) atoms. The molecule has 1 aromatic rings. The van der Waals surface area contributed by atoms with E-state index in [0.29, 0.717) is 4.90 Å². The molecule has 0 amide bonds. The summed E-state index contributed by atoms with van der Waals surface area (Å²) in [7, 11) is -4.07. The van der Waals surface area contributed by atoms with E-state index in [9.17, 15) is 8.77 Å². The van der Waals surface area contributed by atoms with Crippen LogP contribution in [0.25, 0.3) is 0 Å². The third-order valence-electron chi connectivity index (χ3n) is 1.85. The molecule has 0 aliphatic heterocycles. The molecule has 0 fully saturated rings. The van der Waals surface area contributed by atoms with Gasteiger partial charge in [0.25, 0.3) is 0 Å². The predicted molar refractivity (Wildman–Crippen MR) is 59.3 cm³/mol. The van der Waals surface area contributed by atoms with Crippen LogP contribution in [0.2, 0.25) is 0 Å². The zero-order valence-electron chi connectivity index (χ0n) is 8.54.